The topological polar surface area (TPSA) is 169 Å². The van der Waals surface area contributed by atoms with Crippen LogP contribution in [0.3, 0.4) is 0 Å². The molecule has 0 radical (unpaired) electrons. The Hall–Kier alpha value is -3.08. The molecule has 0 aliphatic heterocycles. The van der Waals surface area contributed by atoms with Crippen LogP contribution in [0.4, 0.5) is 0 Å². The number of carboxylic acids is 1. The number of carbonyl (C=O) groups excluding carboxylic acids is 2. The molecule has 3 atom stereocenters. The summed E-state index contributed by atoms with van der Waals surface area (Å²) in [7, 11) is -4.78. The van der Waals surface area contributed by atoms with E-state index in [1.165, 1.54) is 70.6 Å². The standard InChI is InChI=1S/C48H82NO10P/c1-3-5-7-9-11-13-15-17-19-21-22-24-25-27-29-31-33-35-37-39-46(51)49-45(48(53)54)43-59-60(55,56)58-42-44(50)41-57-47(52)40-38-36-34-32-30-28-26-23-20-18-16-14-12-10-8-6-4-2/h11-14,17-20,26,28,32,34,44-45,50H,3-10,15-16,21-25,27,29-31,33,35-43H2,1-2H3,(H,49,51)(H,53,54)(H,55,56)/b13-11-,14-12-,19-17-,20-18-,28-26-,34-32-. The summed E-state index contributed by atoms with van der Waals surface area (Å²) in [5, 5.41) is 21.8. The van der Waals surface area contributed by atoms with Crippen molar-refractivity contribution in [1.29, 1.82) is 0 Å². The van der Waals surface area contributed by atoms with Gasteiger partial charge in [0.05, 0.1) is 13.2 Å². The smallest absolute Gasteiger partial charge is 0.472 e. The number of allylic oxidation sites excluding steroid dienone is 12. The van der Waals surface area contributed by atoms with Gasteiger partial charge in [-0.2, -0.15) is 0 Å². The lowest BCUT2D eigenvalue weighted by Gasteiger charge is -2.18. The second-order valence-corrected chi connectivity index (χ2v) is 16.7. The predicted molar refractivity (Wildman–Crippen MR) is 244 cm³/mol. The first-order chi connectivity index (χ1) is 29.1. The average Bonchev–Trinajstić information content (AvgIpc) is 3.22. The first-order valence-corrected chi connectivity index (χ1v) is 24.5. The Morgan fingerprint density at radius 1 is 0.533 bits per heavy atom. The molecule has 3 unspecified atom stereocenters. The zero-order chi connectivity index (χ0) is 44.2. The molecule has 0 saturated carbocycles. The maximum atomic E-state index is 12.3. The molecular formula is C48H82NO10P. The number of unbranched alkanes of at least 4 members (excludes halogenated alkanes) is 16. The molecule has 0 heterocycles. The average molecular weight is 864 g/mol. The summed E-state index contributed by atoms with van der Waals surface area (Å²) in [6.07, 6.45) is 50.7. The molecule has 0 aliphatic rings. The van der Waals surface area contributed by atoms with E-state index in [-0.39, 0.29) is 12.8 Å². The molecule has 0 bridgehead atoms. The number of hydrogen-bond donors (Lipinski definition) is 4. The fourth-order valence-electron chi connectivity index (χ4n) is 5.87. The van der Waals surface area contributed by atoms with E-state index in [0.717, 1.165) is 64.2 Å². The number of carbonyl (C=O) groups is 3. The van der Waals surface area contributed by atoms with Gasteiger partial charge in [-0.15, -0.1) is 0 Å². The Morgan fingerprint density at radius 2 is 0.933 bits per heavy atom. The molecule has 0 aromatic carbocycles. The first-order valence-electron chi connectivity index (χ1n) is 23.0. The molecule has 11 nitrogen and oxygen atoms in total. The zero-order valence-corrected chi connectivity index (χ0v) is 38.1. The van der Waals surface area contributed by atoms with Gasteiger partial charge in [0.25, 0.3) is 0 Å². The number of phosphoric acid groups is 1. The van der Waals surface area contributed by atoms with Crippen LogP contribution >= 0.6 is 7.82 Å². The highest BCUT2D eigenvalue weighted by molar-refractivity contribution is 7.47. The van der Waals surface area contributed by atoms with Crippen molar-refractivity contribution in [1.82, 2.24) is 5.32 Å². The number of ether oxygens (including phenoxy) is 1. The van der Waals surface area contributed by atoms with Gasteiger partial charge in [-0.05, 0) is 83.5 Å². The molecule has 1 amide bonds. The van der Waals surface area contributed by atoms with Gasteiger partial charge >= 0.3 is 19.8 Å². The van der Waals surface area contributed by atoms with E-state index in [1.54, 1.807) is 0 Å². The summed E-state index contributed by atoms with van der Waals surface area (Å²) in [4.78, 5) is 46.0. The maximum Gasteiger partial charge on any atom is 0.472 e. The molecule has 0 aromatic rings. The number of aliphatic carboxylic acids is 1. The number of nitrogens with one attached hydrogen (secondary N) is 1. The van der Waals surface area contributed by atoms with Gasteiger partial charge in [-0.25, -0.2) is 9.36 Å². The lowest BCUT2D eigenvalue weighted by Crippen LogP contribution is -2.43. The van der Waals surface area contributed by atoms with Crippen LogP contribution in [0, 0.1) is 0 Å². The van der Waals surface area contributed by atoms with Crippen molar-refractivity contribution in [3.63, 3.8) is 0 Å². The van der Waals surface area contributed by atoms with Crippen molar-refractivity contribution >= 4 is 25.7 Å². The van der Waals surface area contributed by atoms with Crippen molar-refractivity contribution in [3.05, 3.63) is 72.9 Å². The lowest BCUT2D eigenvalue weighted by molar-refractivity contribution is -0.147. The van der Waals surface area contributed by atoms with Crippen LogP contribution in [0.1, 0.15) is 181 Å². The zero-order valence-electron chi connectivity index (χ0n) is 37.2. The third kappa shape index (κ3) is 41.6. The quantitative estimate of drug-likeness (QED) is 0.0201. The van der Waals surface area contributed by atoms with E-state index in [1.807, 2.05) is 12.2 Å². The third-order valence-electron chi connectivity index (χ3n) is 9.47. The third-order valence-corrected chi connectivity index (χ3v) is 10.4. The Labute approximate surface area is 363 Å². The molecule has 0 saturated heterocycles. The van der Waals surface area contributed by atoms with E-state index in [0.29, 0.717) is 19.3 Å². The van der Waals surface area contributed by atoms with Crippen molar-refractivity contribution in [2.45, 2.75) is 193 Å². The number of carboxylic acid groups (broad SMARTS) is 1. The Bertz CT molecular complexity index is 1290. The van der Waals surface area contributed by atoms with Gasteiger partial charge in [-0.1, -0.05) is 157 Å². The fraction of sp³-hybridized carbons (Fsp3) is 0.688. The molecule has 0 rings (SSSR count). The van der Waals surface area contributed by atoms with Crippen LogP contribution in [-0.2, 0) is 32.7 Å². The summed E-state index contributed by atoms with van der Waals surface area (Å²) < 4.78 is 26.8. The lowest BCUT2D eigenvalue weighted by atomic mass is 10.1. The van der Waals surface area contributed by atoms with Crippen LogP contribution in [0.2, 0.25) is 0 Å². The molecule has 0 aliphatic carbocycles. The highest BCUT2D eigenvalue weighted by Crippen LogP contribution is 2.43. The number of rotatable bonds is 42. The molecular weight excluding hydrogens is 781 g/mol. The summed E-state index contributed by atoms with van der Waals surface area (Å²) in [5.74, 6) is -2.45. The van der Waals surface area contributed by atoms with Crippen molar-refractivity contribution < 1.29 is 47.8 Å². The summed E-state index contributed by atoms with van der Waals surface area (Å²) in [6.45, 7) is 2.48. The molecule has 0 fully saturated rings. The first kappa shape index (κ1) is 56.9. The number of esters is 1. The van der Waals surface area contributed by atoms with Gasteiger partial charge in [0.15, 0.2) is 6.04 Å². The van der Waals surface area contributed by atoms with Crippen LogP contribution < -0.4 is 5.32 Å². The molecule has 0 spiro atoms. The highest BCUT2D eigenvalue weighted by Gasteiger charge is 2.28. The van der Waals surface area contributed by atoms with Crippen LogP contribution in [-0.4, -0.2) is 64.9 Å². The number of phosphoric ester groups is 1. The van der Waals surface area contributed by atoms with Gasteiger partial charge in [0.1, 0.15) is 12.7 Å². The molecule has 344 valence electrons. The largest absolute Gasteiger partial charge is 0.480 e. The predicted octanol–water partition coefficient (Wildman–Crippen LogP) is 12.1. The van der Waals surface area contributed by atoms with Gasteiger partial charge in [-0.3, -0.25) is 18.6 Å². The molecule has 4 N–H and O–H groups in total. The minimum Gasteiger partial charge on any atom is -0.480 e. The van der Waals surface area contributed by atoms with Crippen molar-refractivity contribution in [2.24, 2.45) is 0 Å². The van der Waals surface area contributed by atoms with Crippen LogP contribution in [0.5, 0.6) is 0 Å². The monoisotopic (exact) mass is 864 g/mol. The van der Waals surface area contributed by atoms with E-state index in [2.05, 4.69) is 79.9 Å². The Balaban J connectivity index is 3.97. The van der Waals surface area contributed by atoms with Crippen molar-refractivity contribution in [2.75, 3.05) is 19.8 Å². The van der Waals surface area contributed by atoms with Gasteiger partial charge < -0.3 is 25.2 Å². The van der Waals surface area contributed by atoms with E-state index < -0.39 is 57.6 Å². The fourth-order valence-corrected chi connectivity index (χ4v) is 6.64. The summed E-state index contributed by atoms with van der Waals surface area (Å²) in [5.41, 5.74) is 0. The Kier molecular flexibility index (Phi) is 40.4. The number of aliphatic hydroxyl groups excluding tert-OH is 1. The normalized spacial score (nSPS) is 14.3. The van der Waals surface area contributed by atoms with E-state index in [4.69, 9.17) is 13.8 Å². The SMILES string of the molecule is CCCCC/C=C\C/C=C\C/C=C\C/C=C\CCCC(=O)OCC(O)COP(=O)(O)OCC(NC(=O)CCCCCCCCCCC/C=C\C/C=C\CCCCC)C(=O)O. The number of hydrogen-bond acceptors (Lipinski definition) is 8. The number of amides is 1. The van der Waals surface area contributed by atoms with Crippen LogP contribution in [0.15, 0.2) is 72.9 Å². The van der Waals surface area contributed by atoms with E-state index in [9.17, 15) is 34.1 Å². The van der Waals surface area contributed by atoms with E-state index >= 15 is 0 Å². The van der Waals surface area contributed by atoms with Crippen molar-refractivity contribution in [3.8, 4) is 0 Å². The van der Waals surface area contributed by atoms with Crippen LogP contribution in [0.25, 0.3) is 0 Å². The molecule has 12 heteroatoms. The second-order valence-electron chi connectivity index (χ2n) is 15.2. The summed E-state index contributed by atoms with van der Waals surface area (Å²) >= 11 is 0. The summed E-state index contributed by atoms with van der Waals surface area (Å²) in [6, 6.07) is -1.56. The minimum atomic E-state index is -4.78. The highest BCUT2D eigenvalue weighted by atomic mass is 31.2. The minimum absolute atomic E-state index is 0.134. The maximum absolute atomic E-state index is 12.3. The molecule has 0 aromatic heterocycles. The second kappa shape index (κ2) is 42.6. The molecule has 60 heavy (non-hydrogen) atoms. The van der Waals surface area contributed by atoms with Gasteiger partial charge in [0, 0.05) is 12.8 Å². The number of aliphatic hydroxyl groups is 1. The van der Waals surface area contributed by atoms with Gasteiger partial charge in [0.2, 0.25) is 5.91 Å². The Morgan fingerprint density at radius 3 is 1.40 bits per heavy atom.